The summed E-state index contributed by atoms with van der Waals surface area (Å²) < 4.78 is 5.91. The normalized spacial score (nSPS) is 27.1. The third-order valence-electron chi connectivity index (χ3n) is 4.90. The predicted octanol–water partition coefficient (Wildman–Crippen LogP) is 2.56. The van der Waals surface area contributed by atoms with E-state index in [0.717, 1.165) is 11.3 Å². The molecule has 0 bridgehead atoms. The van der Waals surface area contributed by atoms with E-state index in [1.165, 1.54) is 0 Å². The summed E-state index contributed by atoms with van der Waals surface area (Å²) in [6, 6.07) is 5.82. The highest BCUT2D eigenvalue weighted by Crippen LogP contribution is 2.40. The Labute approximate surface area is 125 Å². The fraction of sp³-hybridized carbons (Fsp3) is 0.588. The Hall–Kier alpha value is -1.55. The Balaban J connectivity index is 1.84. The number of hydrogen-bond donors (Lipinski definition) is 1. The predicted molar refractivity (Wildman–Crippen MR) is 80.7 cm³/mol. The Morgan fingerprint density at radius 1 is 1.33 bits per heavy atom. The van der Waals surface area contributed by atoms with E-state index in [2.05, 4.69) is 6.92 Å². The quantitative estimate of drug-likeness (QED) is 0.864. The number of nitrogens with zero attached hydrogens (tertiary/aromatic N) is 1. The first-order chi connectivity index (χ1) is 9.89. The van der Waals surface area contributed by atoms with Crippen molar-refractivity contribution < 1.29 is 14.6 Å². The maximum absolute atomic E-state index is 12.7. The molecule has 4 nitrogen and oxygen atoms in total. The summed E-state index contributed by atoms with van der Waals surface area (Å²) in [7, 11) is 0. The zero-order valence-corrected chi connectivity index (χ0v) is 12.9. The van der Waals surface area contributed by atoms with Crippen LogP contribution in [0.4, 0.5) is 0 Å². The average Bonchev–Trinajstić information content (AvgIpc) is 2.74. The third-order valence-corrected chi connectivity index (χ3v) is 4.90. The Morgan fingerprint density at radius 3 is 2.67 bits per heavy atom. The molecule has 0 aromatic heterocycles. The van der Waals surface area contributed by atoms with Crippen LogP contribution in [0.5, 0.6) is 5.75 Å². The Bertz CT molecular complexity index is 557. The highest BCUT2D eigenvalue weighted by molar-refractivity contribution is 5.97. The molecule has 2 unspecified atom stereocenters. The van der Waals surface area contributed by atoms with Crippen molar-refractivity contribution in [2.75, 3.05) is 13.1 Å². The molecule has 2 atom stereocenters. The van der Waals surface area contributed by atoms with E-state index in [-0.39, 0.29) is 12.0 Å². The first kappa shape index (κ1) is 14.4. The number of ether oxygens (including phenoxy) is 1. The number of amides is 1. The topological polar surface area (TPSA) is 49.8 Å². The minimum atomic E-state index is -0.644. The van der Waals surface area contributed by atoms with Gasteiger partial charge >= 0.3 is 0 Å². The zero-order chi connectivity index (χ0) is 15.2. The molecule has 1 aromatic carbocycles. The van der Waals surface area contributed by atoms with Crippen LogP contribution >= 0.6 is 0 Å². The molecule has 1 saturated heterocycles. The van der Waals surface area contributed by atoms with Gasteiger partial charge in [-0.2, -0.15) is 0 Å². The van der Waals surface area contributed by atoms with Gasteiger partial charge in [-0.15, -0.1) is 0 Å². The van der Waals surface area contributed by atoms with Gasteiger partial charge in [0.1, 0.15) is 11.9 Å². The lowest BCUT2D eigenvalue weighted by atomic mass is 9.93. The van der Waals surface area contributed by atoms with Gasteiger partial charge in [0.05, 0.1) is 11.2 Å². The largest absolute Gasteiger partial charge is 0.489 e. The highest BCUT2D eigenvalue weighted by Gasteiger charge is 2.34. The highest BCUT2D eigenvalue weighted by atomic mass is 16.5. The molecule has 1 fully saturated rings. The van der Waals surface area contributed by atoms with Crippen LogP contribution in [0.1, 0.15) is 55.5 Å². The van der Waals surface area contributed by atoms with Crippen LogP contribution in [0.25, 0.3) is 0 Å². The molecule has 0 aliphatic carbocycles. The van der Waals surface area contributed by atoms with Gasteiger partial charge in [0.25, 0.3) is 5.91 Å². The van der Waals surface area contributed by atoms with E-state index in [1.807, 2.05) is 36.9 Å². The molecule has 0 saturated carbocycles. The molecule has 0 radical (unpaired) electrons. The number of carbonyl (C=O) groups is 1. The number of likely N-dealkylation sites (tertiary alicyclic amines) is 1. The Morgan fingerprint density at radius 2 is 2.00 bits per heavy atom. The molecule has 3 rings (SSSR count). The summed E-state index contributed by atoms with van der Waals surface area (Å²) in [6.07, 6.45) is 1.36. The van der Waals surface area contributed by atoms with Crippen molar-refractivity contribution >= 4 is 5.91 Å². The molecule has 1 amide bonds. The van der Waals surface area contributed by atoms with Crippen LogP contribution in [-0.2, 0) is 0 Å². The number of benzene rings is 1. The lowest BCUT2D eigenvalue weighted by Gasteiger charge is -2.36. The number of carbonyl (C=O) groups excluding carboxylic acids is 1. The number of piperidine rings is 1. The van der Waals surface area contributed by atoms with Crippen molar-refractivity contribution in [2.24, 2.45) is 0 Å². The number of rotatable bonds is 1. The molecule has 2 heterocycles. The van der Waals surface area contributed by atoms with Gasteiger partial charge in [-0.05, 0) is 32.8 Å². The molecule has 1 N–H and O–H groups in total. The first-order valence-electron chi connectivity index (χ1n) is 7.70. The maximum Gasteiger partial charge on any atom is 0.257 e. The summed E-state index contributed by atoms with van der Waals surface area (Å²) in [5.41, 5.74) is 1.14. The van der Waals surface area contributed by atoms with Crippen LogP contribution in [0.3, 0.4) is 0 Å². The van der Waals surface area contributed by atoms with Crippen LogP contribution in [-0.4, -0.2) is 40.7 Å². The van der Waals surface area contributed by atoms with E-state index in [4.69, 9.17) is 4.74 Å². The number of hydrogen-bond acceptors (Lipinski definition) is 3. The van der Waals surface area contributed by atoms with Gasteiger partial charge < -0.3 is 14.7 Å². The van der Waals surface area contributed by atoms with Gasteiger partial charge in [0.15, 0.2) is 0 Å². The van der Waals surface area contributed by atoms with Crippen molar-refractivity contribution in [3.8, 4) is 5.75 Å². The molecule has 21 heavy (non-hydrogen) atoms. The molecule has 1 aromatic rings. The number of fused-ring (bicyclic) bond motifs is 1. The van der Waals surface area contributed by atoms with Crippen molar-refractivity contribution in [1.82, 2.24) is 4.90 Å². The summed E-state index contributed by atoms with van der Waals surface area (Å²) >= 11 is 0. The SMILES string of the molecule is CC1Oc2c(C(=O)N3CCC(C)(O)CC3)cccc2C1C. The molecule has 114 valence electrons. The van der Waals surface area contributed by atoms with Crippen molar-refractivity contribution in [2.45, 2.75) is 51.2 Å². The summed E-state index contributed by atoms with van der Waals surface area (Å²) in [5, 5.41) is 10.0. The monoisotopic (exact) mass is 289 g/mol. The fourth-order valence-corrected chi connectivity index (χ4v) is 3.12. The summed E-state index contributed by atoms with van der Waals surface area (Å²) in [6.45, 7) is 7.20. The fourth-order valence-electron chi connectivity index (χ4n) is 3.12. The van der Waals surface area contributed by atoms with Crippen LogP contribution in [0.15, 0.2) is 18.2 Å². The van der Waals surface area contributed by atoms with Gasteiger partial charge in [-0.3, -0.25) is 4.79 Å². The van der Waals surface area contributed by atoms with Gasteiger partial charge in [0, 0.05) is 24.6 Å². The van der Waals surface area contributed by atoms with E-state index in [0.29, 0.717) is 37.4 Å². The van der Waals surface area contributed by atoms with Crippen molar-refractivity contribution in [1.29, 1.82) is 0 Å². The molecule has 2 aliphatic heterocycles. The lowest BCUT2D eigenvalue weighted by molar-refractivity contribution is -0.00211. The second-order valence-electron chi connectivity index (χ2n) is 6.62. The standard InChI is InChI=1S/C17H23NO3/c1-11-12(2)21-15-13(11)5-4-6-14(15)16(19)18-9-7-17(3,20)8-10-18/h4-6,11-12,20H,7-10H2,1-3H3. The second-order valence-corrected chi connectivity index (χ2v) is 6.62. The van der Waals surface area contributed by atoms with Crippen molar-refractivity contribution in [3.05, 3.63) is 29.3 Å². The van der Waals surface area contributed by atoms with Gasteiger partial charge in [-0.1, -0.05) is 19.1 Å². The number of para-hydroxylation sites is 1. The van der Waals surface area contributed by atoms with Gasteiger partial charge in [-0.25, -0.2) is 0 Å². The summed E-state index contributed by atoms with van der Waals surface area (Å²) in [4.78, 5) is 14.6. The Kier molecular flexibility index (Phi) is 3.44. The van der Waals surface area contributed by atoms with E-state index in [1.54, 1.807) is 0 Å². The van der Waals surface area contributed by atoms with Crippen molar-refractivity contribution in [3.63, 3.8) is 0 Å². The second kappa shape index (κ2) is 5.02. The molecular formula is C17H23NO3. The van der Waals surface area contributed by atoms with Gasteiger partial charge in [0.2, 0.25) is 0 Å². The zero-order valence-electron chi connectivity index (χ0n) is 12.9. The summed E-state index contributed by atoms with van der Waals surface area (Å²) in [5.74, 6) is 1.08. The van der Waals surface area contributed by atoms with Crippen LogP contribution < -0.4 is 4.74 Å². The molecular weight excluding hydrogens is 266 g/mol. The van der Waals surface area contributed by atoms with E-state index in [9.17, 15) is 9.90 Å². The molecule has 2 aliphatic rings. The third kappa shape index (κ3) is 2.53. The van der Waals surface area contributed by atoms with E-state index < -0.39 is 5.60 Å². The van der Waals surface area contributed by atoms with Crippen LogP contribution in [0, 0.1) is 0 Å². The molecule has 4 heteroatoms. The number of aliphatic hydroxyl groups is 1. The minimum Gasteiger partial charge on any atom is -0.489 e. The average molecular weight is 289 g/mol. The lowest BCUT2D eigenvalue weighted by Crippen LogP contribution is -2.45. The smallest absolute Gasteiger partial charge is 0.257 e. The minimum absolute atomic E-state index is 0.0173. The van der Waals surface area contributed by atoms with Crippen LogP contribution in [0.2, 0.25) is 0 Å². The maximum atomic E-state index is 12.7. The molecule has 0 spiro atoms. The first-order valence-corrected chi connectivity index (χ1v) is 7.70. The van der Waals surface area contributed by atoms with E-state index >= 15 is 0 Å².